The topological polar surface area (TPSA) is 41.5 Å². The summed E-state index contributed by atoms with van der Waals surface area (Å²) in [7, 11) is 3.59. The number of rotatable bonds is 3. The Balaban J connectivity index is 2.32. The molecule has 1 aromatic rings. The lowest BCUT2D eigenvalue weighted by molar-refractivity contribution is 0.172. The second kappa shape index (κ2) is 4.21. The van der Waals surface area contributed by atoms with E-state index in [0.29, 0.717) is 5.92 Å². The predicted octanol–water partition coefficient (Wildman–Crippen LogP) is 1.44. The zero-order valence-electron chi connectivity index (χ0n) is 9.16. The number of ether oxygens (including phenoxy) is 1. The number of fused-ring (bicyclic) bond motifs is 1. The summed E-state index contributed by atoms with van der Waals surface area (Å²) in [5.41, 5.74) is 2.27. The van der Waals surface area contributed by atoms with E-state index in [-0.39, 0.29) is 6.10 Å². The van der Waals surface area contributed by atoms with Crippen molar-refractivity contribution in [2.45, 2.75) is 18.4 Å². The lowest BCUT2D eigenvalue weighted by Crippen LogP contribution is -2.15. The molecular formula is C12H17NO2. The Morgan fingerprint density at radius 1 is 1.47 bits per heavy atom. The first kappa shape index (κ1) is 10.5. The molecule has 0 saturated carbocycles. The molecule has 82 valence electrons. The van der Waals surface area contributed by atoms with Crippen molar-refractivity contribution >= 4 is 0 Å². The Kier molecular flexibility index (Phi) is 2.93. The highest BCUT2D eigenvalue weighted by Gasteiger charge is 2.29. The van der Waals surface area contributed by atoms with Crippen LogP contribution in [-0.4, -0.2) is 25.8 Å². The van der Waals surface area contributed by atoms with Crippen LogP contribution < -0.4 is 10.1 Å². The fourth-order valence-electron chi connectivity index (χ4n) is 2.30. The Hall–Kier alpha value is -1.06. The summed E-state index contributed by atoms with van der Waals surface area (Å²) in [6.45, 7) is 0.913. The summed E-state index contributed by atoms with van der Waals surface area (Å²) in [5, 5.41) is 13.1. The number of hydrogen-bond acceptors (Lipinski definition) is 3. The average molecular weight is 207 g/mol. The molecule has 2 N–H and O–H groups in total. The number of methoxy groups -OCH3 is 1. The van der Waals surface area contributed by atoms with Crippen LogP contribution in [0.15, 0.2) is 18.2 Å². The van der Waals surface area contributed by atoms with Gasteiger partial charge in [-0.1, -0.05) is 6.07 Å². The van der Waals surface area contributed by atoms with Crippen molar-refractivity contribution in [1.29, 1.82) is 0 Å². The molecular weight excluding hydrogens is 190 g/mol. The van der Waals surface area contributed by atoms with E-state index in [1.165, 1.54) is 5.56 Å². The van der Waals surface area contributed by atoms with Crippen LogP contribution in [-0.2, 0) is 0 Å². The highest BCUT2D eigenvalue weighted by atomic mass is 16.5. The number of hydrogen-bond donors (Lipinski definition) is 2. The molecule has 2 atom stereocenters. The molecule has 0 fully saturated rings. The fourth-order valence-corrected chi connectivity index (χ4v) is 2.30. The summed E-state index contributed by atoms with van der Waals surface area (Å²) >= 11 is 0. The molecule has 1 aromatic carbocycles. The van der Waals surface area contributed by atoms with E-state index < -0.39 is 0 Å². The van der Waals surface area contributed by atoms with Gasteiger partial charge in [-0.05, 0) is 42.6 Å². The maximum absolute atomic E-state index is 9.92. The van der Waals surface area contributed by atoms with Crippen molar-refractivity contribution in [2.75, 3.05) is 20.7 Å². The monoisotopic (exact) mass is 207 g/mol. The highest BCUT2D eigenvalue weighted by molar-refractivity contribution is 5.42. The average Bonchev–Trinajstić information content (AvgIpc) is 2.56. The van der Waals surface area contributed by atoms with Gasteiger partial charge in [0.05, 0.1) is 13.2 Å². The molecule has 15 heavy (non-hydrogen) atoms. The fraction of sp³-hybridized carbons (Fsp3) is 0.500. The van der Waals surface area contributed by atoms with Gasteiger partial charge in [-0.15, -0.1) is 0 Å². The van der Waals surface area contributed by atoms with Crippen LogP contribution in [0.4, 0.5) is 0 Å². The smallest absolute Gasteiger partial charge is 0.119 e. The molecule has 0 amide bonds. The maximum Gasteiger partial charge on any atom is 0.119 e. The molecule has 0 radical (unpaired) electrons. The Morgan fingerprint density at radius 2 is 2.27 bits per heavy atom. The van der Waals surface area contributed by atoms with E-state index in [1.807, 2.05) is 19.2 Å². The van der Waals surface area contributed by atoms with E-state index in [9.17, 15) is 5.11 Å². The summed E-state index contributed by atoms with van der Waals surface area (Å²) in [6.07, 6.45) is 0.469. The van der Waals surface area contributed by atoms with Crippen molar-refractivity contribution in [3.8, 4) is 5.75 Å². The minimum absolute atomic E-state index is 0.339. The standard InChI is InChI=1S/C12H17NO2/c1-13-7-8-5-12(14)11-6-9(15-2)3-4-10(8)11/h3-4,6,8,12-14H,5,7H2,1-2H3. The summed E-state index contributed by atoms with van der Waals surface area (Å²) in [6, 6.07) is 5.96. The molecule has 3 nitrogen and oxygen atoms in total. The second-order valence-electron chi connectivity index (χ2n) is 4.00. The minimum Gasteiger partial charge on any atom is -0.497 e. The lowest BCUT2D eigenvalue weighted by atomic mass is 10.0. The van der Waals surface area contributed by atoms with Crippen molar-refractivity contribution < 1.29 is 9.84 Å². The van der Waals surface area contributed by atoms with Crippen molar-refractivity contribution in [2.24, 2.45) is 0 Å². The number of benzene rings is 1. The molecule has 0 heterocycles. The van der Waals surface area contributed by atoms with Gasteiger partial charge in [-0.3, -0.25) is 0 Å². The van der Waals surface area contributed by atoms with E-state index in [4.69, 9.17) is 4.74 Å². The summed E-state index contributed by atoms with van der Waals surface area (Å²) in [4.78, 5) is 0. The van der Waals surface area contributed by atoms with Crippen LogP contribution in [0.5, 0.6) is 5.75 Å². The van der Waals surface area contributed by atoms with Crippen LogP contribution in [0, 0.1) is 0 Å². The Morgan fingerprint density at radius 3 is 2.93 bits per heavy atom. The third-order valence-electron chi connectivity index (χ3n) is 3.05. The van der Waals surface area contributed by atoms with Crippen LogP contribution >= 0.6 is 0 Å². The normalized spacial score (nSPS) is 23.9. The molecule has 2 rings (SSSR count). The SMILES string of the molecule is CNCC1CC(O)c2cc(OC)ccc21. The van der Waals surface area contributed by atoms with Crippen LogP contribution in [0.1, 0.15) is 29.6 Å². The zero-order valence-corrected chi connectivity index (χ0v) is 9.16. The molecule has 0 aromatic heterocycles. The Labute approximate surface area is 90.1 Å². The van der Waals surface area contributed by atoms with Gasteiger partial charge < -0.3 is 15.2 Å². The first-order valence-corrected chi connectivity index (χ1v) is 5.26. The molecule has 0 bridgehead atoms. The molecule has 0 saturated heterocycles. The number of likely N-dealkylation sites (N-methyl/N-ethyl adjacent to an activating group) is 1. The quantitative estimate of drug-likeness (QED) is 0.788. The molecule has 0 aliphatic heterocycles. The maximum atomic E-state index is 9.92. The van der Waals surface area contributed by atoms with Gasteiger partial charge in [0.2, 0.25) is 0 Å². The van der Waals surface area contributed by atoms with Gasteiger partial charge >= 0.3 is 0 Å². The third-order valence-corrected chi connectivity index (χ3v) is 3.05. The third kappa shape index (κ3) is 1.85. The number of aliphatic hydroxyl groups is 1. The first-order chi connectivity index (χ1) is 7.26. The van der Waals surface area contributed by atoms with Gasteiger partial charge in [0.1, 0.15) is 5.75 Å². The molecule has 2 unspecified atom stereocenters. The Bertz CT molecular complexity index is 351. The van der Waals surface area contributed by atoms with Crippen molar-refractivity contribution in [3.05, 3.63) is 29.3 Å². The van der Waals surface area contributed by atoms with E-state index in [0.717, 1.165) is 24.3 Å². The highest BCUT2D eigenvalue weighted by Crippen LogP contribution is 2.41. The van der Waals surface area contributed by atoms with Crippen LogP contribution in [0.2, 0.25) is 0 Å². The molecule has 3 heteroatoms. The van der Waals surface area contributed by atoms with Crippen molar-refractivity contribution in [3.63, 3.8) is 0 Å². The zero-order chi connectivity index (χ0) is 10.8. The summed E-state index contributed by atoms with van der Waals surface area (Å²) in [5.74, 6) is 1.24. The molecule has 1 aliphatic rings. The van der Waals surface area contributed by atoms with Gasteiger partial charge in [0.25, 0.3) is 0 Å². The number of aliphatic hydroxyl groups excluding tert-OH is 1. The largest absolute Gasteiger partial charge is 0.497 e. The van der Waals surface area contributed by atoms with E-state index in [1.54, 1.807) is 7.11 Å². The lowest BCUT2D eigenvalue weighted by Gasteiger charge is -2.10. The minimum atomic E-state index is -0.339. The van der Waals surface area contributed by atoms with Crippen LogP contribution in [0.3, 0.4) is 0 Å². The van der Waals surface area contributed by atoms with Gasteiger partial charge in [-0.2, -0.15) is 0 Å². The number of nitrogens with one attached hydrogen (secondary N) is 1. The van der Waals surface area contributed by atoms with Gasteiger partial charge in [0, 0.05) is 6.54 Å². The van der Waals surface area contributed by atoms with E-state index in [2.05, 4.69) is 11.4 Å². The molecule has 0 spiro atoms. The van der Waals surface area contributed by atoms with Gasteiger partial charge in [0.15, 0.2) is 0 Å². The van der Waals surface area contributed by atoms with Crippen molar-refractivity contribution in [1.82, 2.24) is 5.32 Å². The van der Waals surface area contributed by atoms with Gasteiger partial charge in [-0.25, -0.2) is 0 Å². The molecule has 1 aliphatic carbocycles. The van der Waals surface area contributed by atoms with Crippen LogP contribution in [0.25, 0.3) is 0 Å². The van der Waals surface area contributed by atoms with E-state index >= 15 is 0 Å². The second-order valence-corrected chi connectivity index (χ2v) is 4.00. The summed E-state index contributed by atoms with van der Waals surface area (Å²) < 4.78 is 5.16. The first-order valence-electron chi connectivity index (χ1n) is 5.26. The predicted molar refractivity (Wildman–Crippen MR) is 59.2 cm³/mol.